The molecule has 0 aliphatic heterocycles. The normalized spacial score (nSPS) is 37.5. The topological polar surface area (TPSA) is 80.7 Å². The summed E-state index contributed by atoms with van der Waals surface area (Å²) in [6, 6.07) is 0. The molecule has 116 valence electrons. The second kappa shape index (κ2) is 5.64. The van der Waals surface area contributed by atoms with Gasteiger partial charge >= 0.3 is 5.97 Å². The van der Waals surface area contributed by atoms with Crippen molar-refractivity contribution in [2.24, 2.45) is 23.2 Å². The molecule has 2 atom stereocenters. The molecule has 1 N–H and O–H groups in total. The molecule has 0 aromatic carbocycles. The van der Waals surface area contributed by atoms with Gasteiger partial charge in [0, 0.05) is 0 Å². The maximum Gasteiger partial charge on any atom is 0.312 e. The van der Waals surface area contributed by atoms with Gasteiger partial charge in [0.2, 0.25) is 0 Å². The molecule has 2 rings (SSSR count). The Balaban J connectivity index is 2.02. The molecule has 0 spiro atoms. The lowest BCUT2D eigenvalue weighted by molar-refractivity contribution is -0.164. The van der Waals surface area contributed by atoms with Gasteiger partial charge in [-0.05, 0) is 49.9 Å². The van der Waals surface area contributed by atoms with Crippen LogP contribution in [0.4, 0.5) is 0 Å². The number of rotatable bonds is 4. The van der Waals surface area contributed by atoms with Crippen LogP contribution in [-0.2, 0) is 19.6 Å². The van der Waals surface area contributed by atoms with Crippen LogP contribution in [-0.4, -0.2) is 31.3 Å². The number of hydrogen-bond acceptors (Lipinski definition) is 4. The summed E-state index contributed by atoms with van der Waals surface area (Å²) in [5, 5.41) is 0. The molecule has 0 saturated heterocycles. The van der Waals surface area contributed by atoms with Crippen molar-refractivity contribution in [3.8, 4) is 0 Å². The number of hydrogen-bond donors (Lipinski definition) is 1. The van der Waals surface area contributed by atoms with Crippen LogP contribution in [0.2, 0.25) is 0 Å². The third kappa shape index (κ3) is 3.73. The SMILES string of the molecule is CC1CC2CC(C)CC(C(=O)OCCS(=O)(=O)O)(C1)C2. The van der Waals surface area contributed by atoms with E-state index in [-0.39, 0.29) is 12.6 Å². The van der Waals surface area contributed by atoms with Gasteiger partial charge in [0.25, 0.3) is 10.1 Å². The van der Waals surface area contributed by atoms with Crippen LogP contribution in [0.25, 0.3) is 0 Å². The minimum Gasteiger partial charge on any atom is -0.464 e. The van der Waals surface area contributed by atoms with Gasteiger partial charge in [-0.2, -0.15) is 8.42 Å². The fourth-order valence-corrected chi connectivity index (χ4v) is 4.64. The highest BCUT2D eigenvalue weighted by Gasteiger charge is 2.50. The molecule has 2 aliphatic carbocycles. The molecule has 0 aromatic heterocycles. The molecule has 2 saturated carbocycles. The number of fused-ring (bicyclic) bond motifs is 2. The van der Waals surface area contributed by atoms with Crippen LogP contribution in [0.5, 0.6) is 0 Å². The number of carbonyl (C=O) groups is 1. The van der Waals surface area contributed by atoms with E-state index in [1.54, 1.807) is 0 Å². The second-order valence-electron chi connectivity index (χ2n) is 6.86. The largest absolute Gasteiger partial charge is 0.464 e. The van der Waals surface area contributed by atoms with Crippen molar-refractivity contribution < 1.29 is 22.5 Å². The average Bonchev–Trinajstić information content (AvgIpc) is 2.24. The Morgan fingerprint density at radius 2 is 1.75 bits per heavy atom. The van der Waals surface area contributed by atoms with Crippen molar-refractivity contribution in [2.75, 3.05) is 12.4 Å². The Hall–Kier alpha value is -0.620. The minimum absolute atomic E-state index is 0.257. The summed E-state index contributed by atoms with van der Waals surface area (Å²) in [5.41, 5.74) is -0.431. The van der Waals surface area contributed by atoms with E-state index in [0.717, 1.165) is 19.3 Å². The molecule has 2 unspecified atom stereocenters. The maximum atomic E-state index is 12.4. The first-order valence-corrected chi connectivity index (χ1v) is 8.93. The third-order valence-corrected chi connectivity index (χ3v) is 5.32. The molecule has 0 aromatic rings. The van der Waals surface area contributed by atoms with E-state index in [1.165, 1.54) is 12.8 Å². The number of esters is 1. The van der Waals surface area contributed by atoms with E-state index in [4.69, 9.17) is 9.29 Å². The van der Waals surface area contributed by atoms with Crippen LogP contribution in [0.15, 0.2) is 0 Å². The smallest absolute Gasteiger partial charge is 0.312 e. The zero-order chi connectivity index (χ0) is 15.0. The summed E-state index contributed by atoms with van der Waals surface area (Å²) in [5.74, 6) is 0.801. The Labute approximate surface area is 120 Å². The van der Waals surface area contributed by atoms with Gasteiger partial charge in [-0.15, -0.1) is 0 Å². The average molecular weight is 304 g/mol. The standard InChI is InChI=1S/C14H24O5S/c1-10-5-12-6-11(2)8-14(7-10,9-12)13(15)19-3-4-20(16,17)18/h10-12H,3-9H2,1-2H3,(H,16,17,18). The van der Waals surface area contributed by atoms with Crippen LogP contribution < -0.4 is 0 Å². The fraction of sp³-hybridized carbons (Fsp3) is 0.929. The number of ether oxygens (including phenoxy) is 1. The molecule has 5 nitrogen and oxygen atoms in total. The summed E-state index contributed by atoms with van der Waals surface area (Å²) < 4.78 is 35.2. The van der Waals surface area contributed by atoms with Gasteiger partial charge in [-0.1, -0.05) is 13.8 Å². The zero-order valence-corrected chi connectivity index (χ0v) is 13.0. The first kappa shape index (κ1) is 15.8. The predicted molar refractivity (Wildman–Crippen MR) is 74.7 cm³/mol. The molecule has 20 heavy (non-hydrogen) atoms. The van der Waals surface area contributed by atoms with Gasteiger partial charge in [0.1, 0.15) is 12.4 Å². The lowest BCUT2D eigenvalue weighted by Gasteiger charge is -2.48. The van der Waals surface area contributed by atoms with E-state index >= 15 is 0 Å². The van der Waals surface area contributed by atoms with Crippen molar-refractivity contribution in [3.05, 3.63) is 0 Å². The van der Waals surface area contributed by atoms with Crippen molar-refractivity contribution >= 4 is 16.1 Å². The van der Waals surface area contributed by atoms with Gasteiger partial charge in [-0.3, -0.25) is 9.35 Å². The summed E-state index contributed by atoms with van der Waals surface area (Å²) in [6.07, 6.45) is 4.87. The molecule has 0 heterocycles. The van der Waals surface area contributed by atoms with Gasteiger partial charge in [0.15, 0.2) is 0 Å². The van der Waals surface area contributed by atoms with Crippen LogP contribution >= 0.6 is 0 Å². The highest BCUT2D eigenvalue weighted by Crippen LogP contribution is 2.53. The lowest BCUT2D eigenvalue weighted by atomic mass is 9.57. The molecule has 0 amide bonds. The Morgan fingerprint density at radius 1 is 1.20 bits per heavy atom. The van der Waals surface area contributed by atoms with Gasteiger partial charge in [0.05, 0.1) is 5.41 Å². The lowest BCUT2D eigenvalue weighted by Crippen LogP contribution is -2.45. The Bertz CT molecular complexity index is 450. The van der Waals surface area contributed by atoms with Crippen molar-refractivity contribution in [2.45, 2.75) is 46.0 Å². The van der Waals surface area contributed by atoms with E-state index < -0.39 is 21.3 Å². The third-order valence-electron chi connectivity index (χ3n) is 4.64. The molecular weight excluding hydrogens is 280 g/mol. The summed E-state index contributed by atoms with van der Waals surface area (Å²) in [6.45, 7) is 4.08. The number of carbonyl (C=O) groups excluding carboxylic acids is 1. The first-order valence-electron chi connectivity index (χ1n) is 7.32. The molecule has 2 aliphatic rings. The first-order chi connectivity index (χ1) is 9.20. The van der Waals surface area contributed by atoms with E-state index in [1.807, 2.05) is 0 Å². The Kier molecular flexibility index (Phi) is 4.44. The summed E-state index contributed by atoms with van der Waals surface area (Å²) in [7, 11) is -4.07. The van der Waals surface area contributed by atoms with E-state index in [9.17, 15) is 13.2 Å². The summed E-state index contributed by atoms with van der Waals surface area (Å²) in [4.78, 5) is 12.4. The molecule has 2 bridgehead atoms. The maximum absolute atomic E-state index is 12.4. The fourth-order valence-electron chi connectivity index (χ4n) is 4.35. The van der Waals surface area contributed by atoms with Gasteiger partial charge < -0.3 is 4.74 Å². The highest BCUT2D eigenvalue weighted by molar-refractivity contribution is 7.85. The van der Waals surface area contributed by atoms with Crippen molar-refractivity contribution in [1.82, 2.24) is 0 Å². The predicted octanol–water partition coefficient (Wildman–Crippen LogP) is 2.27. The monoisotopic (exact) mass is 304 g/mol. The minimum atomic E-state index is -4.07. The van der Waals surface area contributed by atoms with Crippen LogP contribution in [0, 0.1) is 23.2 Å². The van der Waals surface area contributed by atoms with Gasteiger partial charge in [-0.25, -0.2) is 0 Å². The molecule has 6 heteroatoms. The van der Waals surface area contributed by atoms with Crippen molar-refractivity contribution in [3.63, 3.8) is 0 Å². The molecule has 0 radical (unpaired) electrons. The Morgan fingerprint density at radius 3 is 2.25 bits per heavy atom. The van der Waals surface area contributed by atoms with Crippen LogP contribution in [0.1, 0.15) is 46.0 Å². The van der Waals surface area contributed by atoms with E-state index in [2.05, 4.69) is 13.8 Å². The second-order valence-corrected chi connectivity index (χ2v) is 8.43. The molecular formula is C14H24O5S. The molecule has 2 fully saturated rings. The highest BCUT2D eigenvalue weighted by atomic mass is 32.2. The van der Waals surface area contributed by atoms with Crippen LogP contribution in [0.3, 0.4) is 0 Å². The quantitative estimate of drug-likeness (QED) is 0.636. The summed E-state index contributed by atoms with van der Waals surface area (Å²) >= 11 is 0. The van der Waals surface area contributed by atoms with Crippen molar-refractivity contribution in [1.29, 1.82) is 0 Å². The zero-order valence-electron chi connectivity index (χ0n) is 12.2. The van der Waals surface area contributed by atoms with E-state index in [0.29, 0.717) is 17.8 Å².